The number of nitrogens with two attached hydrogens (primary N) is 1. The van der Waals surface area contributed by atoms with Crippen LogP contribution in [0.5, 0.6) is 0 Å². The molecule has 28 heavy (non-hydrogen) atoms. The molecule has 0 saturated carbocycles. The van der Waals surface area contributed by atoms with E-state index < -0.39 is 33.6 Å². The molecule has 0 fully saturated rings. The second kappa shape index (κ2) is 15.7. The molecule has 0 aromatic carbocycles. The molecule has 0 aliphatic carbocycles. The van der Waals surface area contributed by atoms with E-state index in [1.807, 2.05) is 0 Å². The lowest BCUT2D eigenvalue weighted by atomic mass is 10.1. The van der Waals surface area contributed by atoms with Gasteiger partial charge in [0.05, 0.1) is 6.42 Å². The van der Waals surface area contributed by atoms with E-state index in [1.54, 1.807) is 0 Å². The van der Waals surface area contributed by atoms with Gasteiger partial charge in [0.25, 0.3) is 10.1 Å². The lowest BCUT2D eigenvalue weighted by Gasteiger charge is -2.26. The van der Waals surface area contributed by atoms with Gasteiger partial charge in [-0.25, -0.2) is 0 Å². The molecule has 0 heterocycles. The molecule has 0 spiro atoms. The monoisotopic (exact) mass is 420 g/mol. The highest BCUT2D eigenvalue weighted by atomic mass is 32.2. The summed E-state index contributed by atoms with van der Waals surface area (Å²) in [6.45, 7) is 5.17. The number of unbranched alkanes of at least 4 members (excludes halogenated alkanes) is 10. The molecule has 7 nitrogen and oxygen atoms in total. The fourth-order valence-corrected chi connectivity index (χ4v) is 3.98. The topological polar surface area (TPSA) is 118 Å². The summed E-state index contributed by atoms with van der Waals surface area (Å²) in [5.41, 5.74) is 5.08. The standard InChI is InChI=1S/C20H40N2O5S/c1-3-5-7-9-11-13-15-22(16-14-12-10-8-6-4-2)20(24)18(17-19(21)23)28(25,26)27/h18H,3-17H2,1-2H3,(H2,21,23)(H,25,26,27). The SMILES string of the molecule is CCCCCCCCN(CCCCCCCC)C(=O)C(CC(N)=O)S(=O)(=O)O. The zero-order valence-electron chi connectivity index (χ0n) is 17.7. The van der Waals surface area contributed by atoms with Crippen molar-refractivity contribution >= 4 is 21.9 Å². The molecule has 0 saturated heterocycles. The first-order chi connectivity index (χ1) is 13.2. The fraction of sp³-hybridized carbons (Fsp3) is 0.900. The number of rotatable bonds is 18. The summed E-state index contributed by atoms with van der Waals surface area (Å²) < 4.78 is 32.6. The molecule has 0 aromatic heterocycles. The van der Waals surface area contributed by atoms with E-state index in [0.29, 0.717) is 13.1 Å². The van der Waals surface area contributed by atoms with Gasteiger partial charge in [-0.05, 0) is 12.8 Å². The molecule has 0 aliphatic heterocycles. The van der Waals surface area contributed by atoms with Crippen molar-refractivity contribution in [1.29, 1.82) is 0 Å². The van der Waals surface area contributed by atoms with Crippen LogP contribution in [0.2, 0.25) is 0 Å². The molecule has 3 N–H and O–H groups in total. The van der Waals surface area contributed by atoms with Crippen LogP contribution in [0.3, 0.4) is 0 Å². The number of hydrogen-bond donors (Lipinski definition) is 2. The summed E-state index contributed by atoms with van der Waals surface area (Å²) >= 11 is 0. The minimum absolute atomic E-state index is 0.435. The fourth-order valence-electron chi connectivity index (χ4n) is 3.20. The molecule has 0 aromatic rings. The lowest BCUT2D eigenvalue weighted by molar-refractivity contribution is -0.133. The van der Waals surface area contributed by atoms with Crippen molar-refractivity contribution in [3.63, 3.8) is 0 Å². The van der Waals surface area contributed by atoms with E-state index >= 15 is 0 Å². The third-order valence-corrected chi connectivity index (χ3v) is 5.98. The lowest BCUT2D eigenvalue weighted by Crippen LogP contribution is -2.45. The molecule has 2 amide bonds. The molecule has 0 radical (unpaired) electrons. The van der Waals surface area contributed by atoms with Crippen molar-refractivity contribution in [2.24, 2.45) is 5.73 Å². The van der Waals surface area contributed by atoms with Crippen LogP contribution in [-0.4, -0.2) is 48.0 Å². The highest BCUT2D eigenvalue weighted by molar-refractivity contribution is 7.87. The predicted molar refractivity (Wildman–Crippen MR) is 112 cm³/mol. The zero-order valence-corrected chi connectivity index (χ0v) is 18.5. The zero-order chi connectivity index (χ0) is 21.4. The van der Waals surface area contributed by atoms with Crippen molar-refractivity contribution in [1.82, 2.24) is 4.90 Å². The van der Waals surface area contributed by atoms with Crippen LogP contribution in [0.25, 0.3) is 0 Å². The summed E-state index contributed by atoms with van der Waals surface area (Å²) in [7, 11) is -4.68. The van der Waals surface area contributed by atoms with Crippen LogP contribution in [0.1, 0.15) is 97.3 Å². The Balaban J connectivity index is 4.81. The van der Waals surface area contributed by atoms with Gasteiger partial charge in [0.15, 0.2) is 5.25 Å². The van der Waals surface area contributed by atoms with Crippen LogP contribution >= 0.6 is 0 Å². The van der Waals surface area contributed by atoms with Crippen molar-refractivity contribution in [3.05, 3.63) is 0 Å². The van der Waals surface area contributed by atoms with E-state index in [4.69, 9.17) is 5.73 Å². The summed E-state index contributed by atoms with van der Waals surface area (Å²) in [6.07, 6.45) is 11.9. The van der Waals surface area contributed by atoms with E-state index in [0.717, 1.165) is 64.2 Å². The summed E-state index contributed by atoms with van der Waals surface area (Å²) in [5, 5.41) is -1.80. The summed E-state index contributed by atoms with van der Waals surface area (Å²) in [6, 6.07) is 0. The largest absolute Gasteiger partial charge is 0.370 e. The van der Waals surface area contributed by atoms with Gasteiger partial charge in [0.1, 0.15) is 0 Å². The first-order valence-corrected chi connectivity index (χ1v) is 12.3. The number of carbonyl (C=O) groups excluding carboxylic acids is 2. The Morgan fingerprint density at radius 3 is 1.57 bits per heavy atom. The minimum atomic E-state index is -4.68. The third kappa shape index (κ3) is 13.1. The Labute approximate surface area is 171 Å². The number of nitrogens with zero attached hydrogens (tertiary/aromatic N) is 1. The first-order valence-electron chi connectivity index (χ1n) is 10.8. The van der Waals surface area contributed by atoms with Crippen molar-refractivity contribution < 1.29 is 22.6 Å². The molecule has 1 atom stereocenters. The normalized spacial score (nSPS) is 12.7. The van der Waals surface area contributed by atoms with Crippen LogP contribution in [-0.2, 0) is 19.7 Å². The quantitative estimate of drug-likeness (QED) is 0.259. The maximum Gasteiger partial charge on any atom is 0.277 e. The van der Waals surface area contributed by atoms with Gasteiger partial charge in [0, 0.05) is 13.1 Å². The van der Waals surface area contributed by atoms with E-state index in [-0.39, 0.29) is 0 Å². The van der Waals surface area contributed by atoms with Crippen molar-refractivity contribution in [2.45, 2.75) is 103 Å². The van der Waals surface area contributed by atoms with E-state index in [9.17, 15) is 22.6 Å². The van der Waals surface area contributed by atoms with Gasteiger partial charge in [-0.3, -0.25) is 14.1 Å². The molecule has 0 bridgehead atoms. The van der Waals surface area contributed by atoms with Gasteiger partial charge in [-0.2, -0.15) is 8.42 Å². The van der Waals surface area contributed by atoms with Crippen LogP contribution < -0.4 is 5.73 Å². The Morgan fingerprint density at radius 1 is 0.821 bits per heavy atom. The van der Waals surface area contributed by atoms with Crippen LogP contribution in [0.4, 0.5) is 0 Å². The summed E-state index contributed by atoms with van der Waals surface area (Å²) in [4.78, 5) is 25.4. The molecule has 0 rings (SSSR count). The molecular weight excluding hydrogens is 380 g/mol. The Bertz CT molecular complexity index is 521. The van der Waals surface area contributed by atoms with E-state index in [1.165, 1.54) is 17.7 Å². The van der Waals surface area contributed by atoms with Crippen LogP contribution in [0.15, 0.2) is 0 Å². The minimum Gasteiger partial charge on any atom is -0.370 e. The number of hydrogen-bond acceptors (Lipinski definition) is 4. The average Bonchev–Trinajstić information content (AvgIpc) is 2.62. The number of carbonyl (C=O) groups is 2. The molecule has 8 heteroatoms. The molecule has 1 unspecified atom stereocenters. The highest BCUT2D eigenvalue weighted by Gasteiger charge is 2.35. The van der Waals surface area contributed by atoms with Gasteiger partial charge < -0.3 is 10.6 Å². The Morgan fingerprint density at radius 2 is 1.21 bits per heavy atom. The van der Waals surface area contributed by atoms with Crippen molar-refractivity contribution in [3.8, 4) is 0 Å². The van der Waals surface area contributed by atoms with Gasteiger partial charge in [0.2, 0.25) is 11.8 Å². The summed E-state index contributed by atoms with van der Waals surface area (Å²) in [5.74, 6) is -1.64. The average molecular weight is 421 g/mol. The first kappa shape index (κ1) is 26.9. The maximum atomic E-state index is 12.7. The molecule has 166 valence electrons. The highest BCUT2D eigenvalue weighted by Crippen LogP contribution is 2.14. The third-order valence-electron chi connectivity index (χ3n) is 4.90. The van der Waals surface area contributed by atoms with Gasteiger partial charge >= 0.3 is 0 Å². The van der Waals surface area contributed by atoms with Crippen LogP contribution in [0, 0.1) is 0 Å². The molecule has 0 aliphatic rings. The van der Waals surface area contributed by atoms with Gasteiger partial charge in [-0.1, -0.05) is 78.1 Å². The maximum absolute atomic E-state index is 12.7. The molecular formula is C20H40N2O5S. The van der Waals surface area contributed by atoms with Gasteiger partial charge in [-0.15, -0.1) is 0 Å². The smallest absolute Gasteiger partial charge is 0.277 e. The second-order valence-electron chi connectivity index (χ2n) is 7.53. The van der Waals surface area contributed by atoms with E-state index in [2.05, 4.69) is 13.8 Å². The Kier molecular flexibility index (Phi) is 15.1. The second-order valence-corrected chi connectivity index (χ2v) is 9.13. The number of amides is 2. The van der Waals surface area contributed by atoms with Crippen molar-refractivity contribution in [2.75, 3.05) is 13.1 Å². The Hall–Kier alpha value is -1.15. The predicted octanol–water partition coefficient (Wildman–Crippen LogP) is 3.67. The number of primary amides is 1.